The third-order valence-corrected chi connectivity index (χ3v) is 2.71. The summed E-state index contributed by atoms with van der Waals surface area (Å²) in [6, 6.07) is 0. The molecule has 8 heavy (non-hydrogen) atoms. The van der Waals surface area contributed by atoms with Crippen molar-refractivity contribution in [2.24, 2.45) is 0 Å². The number of hydrogen-bond acceptors (Lipinski definition) is 1. The van der Waals surface area contributed by atoms with Crippen LogP contribution in [0.25, 0.3) is 0 Å². The normalized spacial score (nSPS) is 39.8. The number of alkyl halides is 1. The maximum Gasteiger partial charge on any atom is 0.0550 e. The van der Waals surface area contributed by atoms with E-state index >= 15 is 0 Å². The second-order valence-electron chi connectivity index (χ2n) is 2.42. The van der Waals surface area contributed by atoms with E-state index in [0.29, 0.717) is 0 Å². The van der Waals surface area contributed by atoms with E-state index in [1.54, 1.807) is 0 Å². The Balaban J connectivity index is 2.23. The zero-order chi connectivity index (χ0) is 5.98. The summed E-state index contributed by atoms with van der Waals surface area (Å²) >= 11 is 2.41. The summed E-state index contributed by atoms with van der Waals surface area (Å²) in [6.07, 6.45) is 4.57. The molecular formula is C6H11IO. The fourth-order valence-corrected chi connectivity index (χ4v) is 2.13. The van der Waals surface area contributed by atoms with Gasteiger partial charge in [-0.1, -0.05) is 22.6 Å². The van der Waals surface area contributed by atoms with Crippen molar-refractivity contribution in [3.05, 3.63) is 0 Å². The Hall–Kier alpha value is 0.690. The van der Waals surface area contributed by atoms with Crippen molar-refractivity contribution in [2.45, 2.75) is 35.7 Å². The van der Waals surface area contributed by atoms with Crippen molar-refractivity contribution in [3.63, 3.8) is 0 Å². The molecule has 2 unspecified atom stereocenters. The summed E-state index contributed by atoms with van der Waals surface area (Å²) in [5.41, 5.74) is 0. The van der Waals surface area contributed by atoms with Crippen molar-refractivity contribution < 1.29 is 5.11 Å². The van der Waals surface area contributed by atoms with Crippen molar-refractivity contribution >= 4 is 22.6 Å². The van der Waals surface area contributed by atoms with Gasteiger partial charge in [-0.3, -0.25) is 0 Å². The topological polar surface area (TPSA) is 20.2 Å². The van der Waals surface area contributed by atoms with E-state index in [4.69, 9.17) is 5.11 Å². The highest BCUT2D eigenvalue weighted by molar-refractivity contribution is 14.1. The lowest BCUT2D eigenvalue weighted by Gasteiger charge is -2.20. The molecular weight excluding hydrogens is 215 g/mol. The van der Waals surface area contributed by atoms with E-state index in [1.807, 2.05) is 0 Å². The quantitative estimate of drug-likeness (QED) is 0.492. The summed E-state index contributed by atoms with van der Waals surface area (Å²) in [5.74, 6) is 0. The summed E-state index contributed by atoms with van der Waals surface area (Å²) < 4.78 is 0.733. The molecule has 0 aromatic carbocycles. The molecule has 0 saturated heterocycles. The lowest BCUT2D eigenvalue weighted by Crippen LogP contribution is -2.18. The predicted octanol–water partition coefficient (Wildman–Crippen LogP) is 1.72. The maximum absolute atomic E-state index is 9.07. The zero-order valence-corrected chi connectivity index (χ0v) is 6.97. The summed E-state index contributed by atoms with van der Waals surface area (Å²) in [7, 11) is 0. The molecule has 0 aromatic rings. The van der Waals surface area contributed by atoms with Gasteiger partial charge < -0.3 is 5.11 Å². The van der Waals surface area contributed by atoms with Crippen LogP contribution in [-0.2, 0) is 0 Å². The Bertz CT molecular complexity index is 66.9. The van der Waals surface area contributed by atoms with Gasteiger partial charge in [-0.2, -0.15) is 0 Å². The van der Waals surface area contributed by atoms with Crippen LogP contribution >= 0.6 is 22.6 Å². The lowest BCUT2D eigenvalue weighted by molar-refractivity contribution is 0.135. The largest absolute Gasteiger partial charge is 0.393 e. The van der Waals surface area contributed by atoms with E-state index in [2.05, 4.69) is 22.6 Å². The monoisotopic (exact) mass is 226 g/mol. The standard InChI is InChI=1S/C6H11IO/c7-5-2-1-3-6(8)4-5/h5-6,8H,1-4H2. The number of rotatable bonds is 0. The number of aliphatic hydroxyl groups excluding tert-OH is 1. The number of aliphatic hydroxyl groups is 1. The zero-order valence-electron chi connectivity index (χ0n) is 4.81. The molecule has 1 fully saturated rings. The van der Waals surface area contributed by atoms with Gasteiger partial charge in [0, 0.05) is 3.92 Å². The Kier molecular flexibility index (Phi) is 2.56. The Labute approximate surface area is 63.6 Å². The van der Waals surface area contributed by atoms with Gasteiger partial charge >= 0.3 is 0 Å². The van der Waals surface area contributed by atoms with Gasteiger partial charge in [-0.05, 0) is 25.7 Å². The first kappa shape index (κ1) is 6.81. The van der Waals surface area contributed by atoms with E-state index in [-0.39, 0.29) is 6.10 Å². The van der Waals surface area contributed by atoms with Gasteiger partial charge in [0.25, 0.3) is 0 Å². The predicted molar refractivity (Wildman–Crippen MR) is 42.3 cm³/mol. The molecule has 0 radical (unpaired) electrons. The van der Waals surface area contributed by atoms with E-state index in [9.17, 15) is 0 Å². The molecule has 2 heteroatoms. The second kappa shape index (κ2) is 3.01. The first-order valence-corrected chi connectivity index (χ1v) is 4.36. The Morgan fingerprint density at radius 3 is 2.50 bits per heavy atom. The Morgan fingerprint density at radius 2 is 2.12 bits per heavy atom. The fourth-order valence-electron chi connectivity index (χ4n) is 1.11. The molecule has 1 rings (SSSR count). The average Bonchev–Trinajstić information content (AvgIpc) is 1.64. The first-order chi connectivity index (χ1) is 3.79. The van der Waals surface area contributed by atoms with Crippen LogP contribution in [0, 0.1) is 0 Å². The van der Waals surface area contributed by atoms with Gasteiger partial charge in [0.2, 0.25) is 0 Å². The summed E-state index contributed by atoms with van der Waals surface area (Å²) in [4.78, 5) is 0. The van der Waals surface area contributed by atoms with Gasteiger partial charge in [-0.15, -0.1) is 0 Å². The van der Waals surface area contributed by atoms with E-state index in [0.717, 1.165) is 16.8 Å². The highest BCUT2D eigenvalue weighted by Crippen LogP contribution is 2.24. The summed E-state index contributed by atoms with van der Waals surface area (Å²) in [6.45, 7) is 0. The molecule has 1 N–H and O–H groups in total. The van der Waals surface area contributed by atoms with Gasteiger partial charge in [0.05, 0.1) is 6.10 Å². The van der Waals surface area contributed by atoms with Gasteiger partial charge in [0.1, 0.15) is 0 Å². The van der Waals surface area contributed by atoms with Gasteiger partial charge in [0.15, 0.2) is 0 Å². The van der Waals surface area contributed by atoms with E-state index in [1.165, 1.54) is 12.8 Å². The molecule has 0 aromatic heterocycles. The molecule has 1 nitrogen and oxygen atoms in total. The molecule has 0 spiro atoms. The smallest absolute Gasteiger partial charge is 0.0550 e. The minimum absolute atomic E-state index is 0.00523. The van der Waals surface area contributed by atoms with Crippen molar-refractivity contribution in [3.8, 4) is 0 Å². The molecule has 0 amide bonds. The molecule has 2 atom stereocenters. The van der Waals surface area contributed by atoms with Crippen LogP contribution in [0.2, 0.25) is 0 Å². The Morgan fingerprint density at radius 1 is 1.38 bits per heavy atom. The van der Waals surface area contributed by atoms with Crippen LogP contribution in [0.1, 0.15) is 25.7 Å². The molecule has 48 valence electrons. The highest BCUT2D eigenvalue weighted by Gasteiger charge is 2.16. The first-order valence-electron chi connectivity index (χ1n) is 3.11. The maximum atomic E-state index is 9.07. The van der Waals surface area contributed by atoms with Crippen molar-refractivity contribution in [2.75, 3.05) is 0 Å². The van der Waals surface area contributed by atoms with Crippen LogP contribution < -0.4 is 0 Å². The lowest BCUT2D eigenvalue weighted by atomic mass is 9.98. The number of hydrogen-bond donors (Lipinski definition) is 1. The molecule has 0 aliphatic heterocycles. The average molecular weight is 226 g/mol. The molecule has 1 aliphatic carbocycles. The van der Waals surface area contributed by atoms with E-state index < -0.39 is 0 Å². The fraction of sp³-hybridized carbons (Fsp3) is 1.00. The van der Waals surface area contributed by atoms with Crippen LogP contribution in [-0.4, -0.2) is 15.1 Å². The molecule has 0 heterocycles. The van der Waals surface area contributed by atoms with Crippen molar-refractivity contribution in [1.29, 1.82) is 0 Å². The minimum atomic E-state index is 0.00523. The SMILES string of the molecule is OC1CCCC(I)C1. The highest BCUT2D eigenvalue weighted by atomic mass is 127. The third kappa shape index (κ3) is 1.90. The number of halogens is 1. The molecule has 1 aliphatic rings. The van der Waals surface area contributed by atoms with Crippen LogP contribution in [0.5, 0.6) is 0 Å². The second-order valence-corrected chi connectivity index (χ2v) is 4.18. The minimum Gasteiger partial charge on any atom is -0.393 e. The third-order valence-electron chi connectivity index (χ3n) is 1.58. The van der Waals surface area contributed by atoms with Crippen LogP contribution in [0.15, 0.2) is 0 Å². The summed E-state index contributed by atoms with van der Waals surface area (Å²) in [5, 5.41) is 9.07. The van der Waals surface area contributed by atoms with Crippen molar-refractivity contribution in [1.82, 2.24) is 0 Å². The van der Waals surface area contributed by atoms with Crippen LogP contribution in [0.3, 0.4) is 0 Å². The molecule has 0 bridgehead atoms. The van der Waals surface area contributed by atoms with Crippen LogP contribution in [0.4, 0.5) is 0 Å². The van der Waals surface area contributed by atoms with Gasteiger partial charge in [-0.25, -0.2) is 0 Å². The molecule has 1 saturated carbocycles.